The van der Waals surface area contributed by atoms with Crippen LogP contribution >= 0.6 is 0 Å². The Kier molecular flexibility index (Phi) is 3.07. The minimum Gasteiger partial charge on any atom is -0.476 e. The molecule has 2 aromatic heterocycles. The van der Waals surface area contributed by atoms with E-state index in [1.807, 2.05) is 0 Å². The van der Waals surface area contributed by atoms with Gasteiger partial charge in [-0.2, -0.15) is 15.1 Å². The van der Waals surface area contributed by atoms with Crippen molar-refractivity contribution in [2.24, 2.45) is 0 Å². The maximum absolute atomic E-state index is 11.1. The molecular formula is C12H9N5O4. The predicted octanol–water partition coefficient (Wildman–Crippen LogP) is 2.06. The third-order valence-electron chi connectivity index (χ3n) is 2.76. The SMILES string of the molecule is COc1ncnc(Oc2ccc3cn[nH]c3c2)c1[N+](=O)[O-]. The fourth-order valence-electron chi connectivity index (χ4n) is 1.82. The minimum atomic E-state index is -0.650. The maximum Gasteiger partial charge on any atom is 0.392 e. The molecule has 1 N–H and O–H groups in total. The lowest BCUT2D eigenvalue weighted by atomic mass is 10.2. The van der Waals surface area contributed by atoms with Crippen LogP contribution in [0.3, 0.4) is 0 Å². The van der Waals surface area contributed by atoms with Crippen molar-refractivity contribution < 1.29 is 14.4 Å². The number of rotatable bonds is 4. The van der Waals surface area contributed by atoms with Gasteiger partial charge in [0.1, 0.15) is 12.1 Å². The number of nitrogens with zero attached hydrogens (tertiary/aromatic N) is 4. The van der Waals surface area contributed by atoms with E-state index in [-0.39, 0.29) is 11.8 Å². The molecule has 0 atom stereocenters. The molecule has 1 aromatic carbocycles. The lowest BCUT2D eigenvalue weighted by Gasteiger charge is -2.06. The number of benzene rings is 1. The number of hydrogen-bond donors (Lipinski definition) is 1. The highest BCUT2D eigenvalue weighted by Crippen LogP contribution is 2.35. The van der Waals surface area contributed by atoms with E-state index in [9.17, 15) is 10.1 Å². The molecule has 0 saturated heterocycles. The number of nitrogens with one attached hydrogen (secondary N) is 1. The molecule has 21 heavy (non-hydrogen) atoms. The Labute approximate surface area is 117 Å². The Balaban J connectivity index is 2.02. The number of methoxy groups -OCH3 is 1. The van der Waals surface area contributed by atoms with Crippen molar-refractivity contribution in [3.8, 4) is 17.5 Å². The fourth-order valence-corrected chi connectivity index (χ4v) is 1.82. The molecule has 0 unspecified atom stereocenters. The zero-order chi connectivity index (χ0) is 14.8. The van der Waals surface area contributed by atoms with Gasteiger partial charge in [-0.25, -0.2) is 0 Å². The first-order chi connectivity index (χ1) is 10.2. The topological polar surface area (TPSA) is 116 Å². The van der Waals surface area contributed by atoms with Crippen LogP contribution in [0.1, 0.15) is 0 Å². The Hall–Kier alpha value is -3.23. The van der Waals surface area contributed by atoms with Crippen molar-refractivity contribution in [1.29, 1.82) is 0 Å². The summed E-state index contributed by atoms with van der Waals surface area (Å²) in [7, 11) is 1.29. The highest BCUT2D eigenvalue weighted by Gasteiger charge is 2.25. The van der Waals surface area contributed by atoms with Gasteiger partial charge in [0.15, 0.2) is 0 Å². The summed E-state index contributed by atoms with van der Waals surface area (Å²) < 4.78 is 10.3. The molecule has 0 aliphatic heterocycles. The van der Waals surface area contributed by atoms with E-state index in [1.165, 1.54) is 7.11 Å². The number of ether oxygens (including phenoxy) is 2. The lowest BCUT2D eigenvalue weighted by Crippen LogP contribution is -2.01. The predicted molar refractivity (Wildman–Crippen MR) is 71.4 cm³/mol. The first-order valence-corrected chi connectivity index (χ1v) is 5.83. The first-order valence-electron chi connectivity index (χ1n) is 5.83. The number of aromatic nitrogens is 4. The third kappa shape index (κ3) is 2.31. The second kappa shape index (κ2) is 5.04. The standard InChI is InChI=1S/C12H9N5O4/c1-20-11-10(17(18)19)12(14-6-13-11)21-8-3-2-7-5-15-16-9(7)4-8/h2-6H,1H3,(H,15,16). The van der Waals surface area contributed by atoms with Gasteiger partial charge in [0, 0.05) is 11.5 Å². The average molecular weight is 287 g/mol. The molecule has 0 spiro atoms. The highest BCUT2D eigenvalue weighted by molar-refractivity contribution is 5.79. The van der Waals surface area contributed by atoms with Gasteiger partial charge in [-0.05, 0) is 12.1 Å². The molecular weight excluding hydrogens is 278 g/mol. The van der Waals surface area contributed by atoms with Crippen molar-refractivity contribution >= 4 is 16.6 Å². The summed E-state index contributed by atoms with van der Waals surface area (Å²) in [6.07, 6.45) is 2.80. The molecule has 0 aliphatic carbocycles. The van der Waals surface area contributed by atoms with Crippen LogP contribution in [0, 0.1) is 10.1 Å². The van der Waals surface area contributed by atoms with E-state index in [0.29, 0.717) is 5.75 Å². The summed E-state index contributed by atoms with van der Waals surface area (Å²) in [5, 5.41) is 18.7. The van der Waals surface area contributed by atoms with E-state index in [2.05, 4.69) is 20.2 Å². The molecule has 3 rings (SSSR count). The summed E-state index contributed by atoms with van der Waals surface area (Å²) in [5.41, 5.74) is 0.320. The molecule has 2 heterocycles. The number of H-pyrrole nitrogens is 1. The second-order valence-corrected chi connectivity index (χ2v) is 4.01. The van der Waals surface area contributed by atoms with Gasteiger partial charge < -0.3 is 9.47 Å². The molecule has 0 radical (unpaired) electrons. The van der Waals surface area contributed by atoms with Crippen molar-refractivity contribution in [3.63, 3.8) is 0 Å². The number of nitro groups is 1. The Morgan fingerprint density at radius 2 is 2.10 bits per heavy atom. The lowest BCUT2D eigenvalue weighted by molar-refractivity contribution is -0.387. The van der Waals surface area contributed by atoms with Gasteiger partial charge in [0.25, 0.3) is 0 Å². The molecule has 9 nitrogen and oxygen atoms in total. The summed E-state index contributed by atoms with van der Waals surface area (Å²) in [6.45, 7) is 0. The third-order valence-corrected chi connectivity index (χ3v) is 2.76. The molecule has 0 amide bonds. The molecule has 0 aliphatic rings. The van der Waals surface area contributed by atoms with E-state index in [1.54, 1.807) is 24.4 Å². The average Bonchev–Trinajstić information content (AvgIpc) is 2.94. The zero-order valence-electron chi connectivity index (χ0n) is 10.8. The van der Waals surface area contributed by atoms with Crippen LogP contribution in [0.2, 0.25) is 0 Å². The van der Waals surface area contributed by atoms with E-state index < -0.39 is 10.6 Å². The number of aromatic amines is 1. The molecule has 0 bridgehead atoms. The van der Waals surface area contributed by atoms with E-state index in [0.717, 1.165) is 17.2 Å². The quantitative estimate of drug-likeness (QED) is 0.576. The van der Waals surface area contributed by atoms with Gasteiger partial charge in [-0.3, -0.25) is 15.2 Å². The van der Waals surface area contributed by atoms with Crippen LogP contribution in [-0.4, -0.2) is 32.2 Å². The van der Waals surface area contributed by atoms with Gasteiger partial charge >= 0.3 is 17.4 Å². The minimum absolute atomic E-state index is 0.160. The van der Waals surface area contributed by atoms with Crippen molar-refractivity contribution in [1.82, 2.24) is 20.2 Å². The number of fused-ring (bicyclic) bond motifs is 1. The van der Waals surface area contributed by atoms with Crippen molar-refractivity contribution in [2.75, 3.05) is 7.11 Å². The van der Waals surface area contributed by atoms with Crippen molar-refractivity contribution in [2.45, 2.75) is 0 Å². The number of hydrogen-bond acceptors (Lipinski definition) is 7. The Morgan fingerprint density at radius 3 is 2.86 bits per heavy atom. The molecule has 3 aromatic rings. The summed E-state index contributed by atoms with van der Waals surface area (Å²) in [4.78, 5) is 17.9. The fraction of sp³-hybridized carbons (Fsp3) is 0.0833. The molecule has 0 fully saturated rings. The van der Waals surface area contributed by atoms with Gasteiger partial charge in [-0.1, -0.05) is 0 Å². The summed E-state index contributed by atoms with van der Waals surface area (Å²) >= 11 is 0. The monoisotopic (exact) mass is 287 g/mol. The molecule has 9 heteroatoms. The van der Waals surface area contributed by atoms with Gasteiger partial charge in [-0.15, -0.1) is 0 Å². The van der Waals surface area contributed by atoms with Crippen LogP contribution < -0.4 is 9.47 Å². The van der Waals surface area contributed by atoms with Crippen LogP contribution in [0.25, 0.3) is 10.9 Å². The Bertz CT molecular complexity index is 816. The maximum atomic E-state index is 11.1. The first kappa shape index (κ1) is 12.8. The second-order valence-electron chi connectivity index (χ2n) is 4.01. The van der Waals surface area contributed by atoms with Crippen LogP contribution in [0.4, 0.5) is 5.69 Å². The zero-order valence-corrected chi connectivity index (χ0v) is 10.8. The highest BCUT2D eigenvalue weighted by atomic mass is 16.6. The van der Waals surface area contributed by atoms with Crippen LogP contribution in [0.5, 0.6) is 17.5 Å². The summed E-state index contributed by atoms with van der Waals surface area (Å²) in [5.74, 6) is 0.0361. The largest absolute Gasteiger partial charge is 0.476 e. The van der Waals surface area contributed by atoms with Crippen LogP contribution in [-0.2, 0) is 0 Å². The van der Waals surface area contributed by atoms with Crippen molar-refractivity contribution in [3.05, 3.63) is 40.8 Å². The molecule has 106 valence electrons. The summed E-state index contributed by atoms with van der Waals surface area (Å²) in [6, 6.07) is 5.11. The van der Waals surface area contributed by atoms with Gasteiger partial charge in [0.05, 0.1) is 23.7 Å². The normalized spacial score (nSPS) is 10.5. The van der Waals surface area contributed by atoms with E-state index in [4.69, 9.17) is 9.47 Å². The Morgan fingerprint density at radius 1 is 1.29 bits per heavy atom. The molecule has 0 saturated carbocycles. The smallest absolute Gasteiger partial charge is 0.392 e. The van der Waals surface area contributed by atoms with Gasteiger partial charge in [0.2, 0.25) is 0 Å². The van der Waals surface area contributed by atoms with E-state index >= 15 is 0 Å². The van der Waals surface area contributed by atoms with Crippen LogP contribution in [0.15, 0.2) is 30.7 Å².